The fourth-order valence-electron chi connectivity index (χ4n) is 1.69. The lowest BCUT2D eigenvalue weighted by molar-refractivity contribution is -0.156. The van der Waals surface area contributed by atoms with Gasteiger partial charge in [0.15, 0.2) is 0 Å². The number of esters is 1. The molecule has 0 saturated carbocycles. The van der Waals surface area contributed by atoms with Gasteiger partial charge in [-0.25, -0.2) is 4.39 Å². The molecule has 0 aliphatic carbocycles. The molecule has 1 aliphatic heterocycles. The first-order valence-corrected chi connectivity index (χ1v) is 5.45. The first kappa shape index (κ1) is 12.4. The number of carbonyl (C=O) groups excluding carboxylic acids is 1. The summed E-state index contributed by atoms with van der Waals surface area (Å²) in [6, 6.07) is 0. The standard InChI is InChI=1S/C11H20FNO2/c1-11(2,3)15-10(14)6-8-7-13-5-4-9(8)12/h8-9,13H,4-7H2,1-3H3/t8-,9+/m1/s1. The quantitative estimate of drug-likeness (QED) is 0.715. The number of halogens is 1. The topological polar surface area (TPSA) is 38.3 Å². The predicted octanol–water partition coefficient (Wildman–Crippen LogP) is 1.67. The van der Waals surface area contributed by atoms with Crippen LogP contribution in [0.5, 0.6) is 0 Å². The van der Waals surface area contributed by atoms with Crippen LogP contribution in [-0.4, -0.2) is 30.8 Å². The fourth-order valence-corrected chi connectivity index (χ4v) is 1.69. The molecule has 1 saturated heterocycles. The third-order valence-corrected chi connectivity index (χ3v) is 2.36. The summed E-state index contributed by atoms with van der Waals surface area (Å²) in [5.74, 6) is -0.535. The summed E-state index contributed by atoms with van der Waals surface area (Å²) in [5, 5.41) is 3.09. The minimum Gasteiger partial charge on any atom is -0.460 e. The highest BCUT2D eigenvalue weighted by Gasteiger charge is 2.28. The highest BCUT2D eigenvalue weighted by Crippen LogP contribution is 2.20. The monoisotopic (exact) mass is 217 g/mol. The van der Waals surface area contributed by atoms with Gasteiger partial charge < -0.3 is 10.1 Å². The van der Waals surface area contributed by atoms with E-state index in [-0.39, 0.29) is 18.3 Å². The Kier molecular flexibility index (Phi) is 4.08. The van der Waals surface area contributed by atoms with Crippen LogP contribution in [-0.2, 0) is 9.53 Å². The smallest absolute Gasteiger partial charge is 0.306 e. The summed E-state index contributed by atoms with van der Waals surface area (Å²) in [4.78, 5) is 11.5. The van der Waals surface area contributed by atoms with Crippen LogP contribution in [0.2, 0.25) is 0 Å². The van der Waals surface area contributed by atoms with Crippen molar-refractivity contribution in [3.63, 3.8) is 0 Å². The third-order valence-electron chi connectivity index (χ3n) is 2.36. The molecular formula is C11H20FNO2. The maximum absolute atomic E-state index is 13.4. The molecule has 0 radical (unpaired) electrons. The average molecular weight is 217 g/mol. The lowest BCUT2D eigenvalue weighted by Gasteiger charge is -2.27. The molecule has 0 spiro atoms. The second-order valence-electron chi connectivity index (χ2n) is 5.06. The third kappa shape index (κ3) is 4.60. The van der Waals surface area contributed by atoms with E-state index in [0.29, 0.717) is 19.5 Å². The molecule has 1 N–H and O–H groups in total. The Morgan fingerprint density at radius 2 is 2.20 bits per heavy atom. The van der Waals surface area contributed by atoms with Gasteiger partial charge in [0.25, 0.3) is 0 Å². The molecule has 0 bridgehead atoms. The van der Waals surface area contributed by atoms with E-state index < -0.39 is 11.8 Å². The summed E-state index contributed by atoms with van der Waals surface area (Å²) in [6.45, 7) is 6.72. The van der Waals surface area contributed by atoms with Gasteiger partial charge in [-0.3, -0.25) is 4.79 Å². The number of piperidine rings is 1. The second kappa shape index (κ2) is 4.92. The fraction of sp³-hybridized carbons (Fsp3) is 0.909. The van der Waals surface area contributed by atoms with Crippen LogP contribution in [0.4, 0.5) is 4.39 Å². The zero-order valence-corrected chi connectivity index (χ0v) is 9.68. The zero-order chi connectivity index (χ0) is 11.5. The van der Waals surface area contributed by atoms with Crippen LogP contribution < -0.4 is 5.32 Å². The second-order valence-corrected chi connectivity index (χ2v) is 5.06. The van der Waals surface area contributed by atoms with E-state index >= 15 is 0 Å². The maximum atomic E-state index is 13.4. The number of alkyl halides is 1. The Morgan fingerprint density at radius 3 is 2.73 bits per heavy atom. The number of nitrogens with one attached hydrogen (secondary N) is 1. The number of hydrogen-bond acceptors (Lipinski definition) is 3. The normalized spacial score (nSPS) is 27.5. The number of rotatable bonds is 2. The van der Waals surface area contributed by atoms with Gasteiger partial charge >= 0.3 is 5.97 Å². The van der Waals surface area contributed by atoms with E-state index in [1.165, 1.54) is 0 Å². The highest BCUT2D eigenvalue weighted by atomic mass is 19.1. The Hall–Kier alpha value is -0.640. The van der Waals surface area contributed by atoms with Gasteiger partial charge in [0.1, 0.15) is 11.8 Å². The van der Waals surface area contributed by atoms with Gasteiger partial charge in [-0.05, 0) is 33.7 Å². The van der Waals surface area contributed by atoms with Gasteiger partial charge in [0.05, 0.1) is 6.42 Å². The van der Waals surface area contributed by atoms with Crippen LogP contribution in [0.3, 0.4) is 0 Å². The largest absolute Gasteiger partial charge is 0.460 e. The van der Waals surface area contributed by atoms with E-state index in [1.54, 1.807) is 0 Å². The SMILES string of the molecule is CC(C)(C)OC(=O)C[C@@H]1CNCC[C@@H]1F. The van der Waals surface area contributed by atoms with Crippen LogP contribution in [0.25, 0.3) is 0 Å². The maximum Gasteiger partial charge on any atom is 0.306 e. The molecule has 0 unspecified atom stereocenters. The molecule has 0 aromatic carbocycles. The minimum atomic E-state index is -0.876. The Morgan fingerprint density at radius 1 is 1.53 bits per heavy atom. The molecule has 0 aromatic heterocycles. The lowest BCUT2D eigenvalue weighted by atomic mass is 9.94. The molecular weight excluding hydrogens is 197 g/mol. The van der Waals surface area contributed by atoms with Crippen molar-refractivity contribution in [2.24, 2.45) is 5.92 Å². The van der Waals surface area contributed by atoms with Gasteiger partial charge in [-0.1, -0.05) is 0 Å². The average Bonchev–Trinajstić information content (AvgIpc) is 2.05. The van der Waals surface area contributed by atoms with Crippen molar-refractivity contribution in [1.29, 1.82) is 0 Å². The van der Waals surface area contributed by atoms with Crippen LogP contribution in [0, 0.1) is 5.92 Å². The van der Waals surface area contributed by atoms with E-state index in [4.69, 9.17) is 4.74 Å². The predicted molar refractivity (Wildman–Crippen MR) is 56.3 cm³/mol. The first-order chi connectivity index (χ1) is 6.88. The molecule has 3 nitrogen and oxygen atoms in total. The van der Waals surface area contributed by atoms with E-state index in [1.807, 2.05) is 20.8 Å². The molecule has 88 valence electrons. The summed E-state index contributed by atoms with van der Waals surface area (Å²) in [5.41, 5.74) is -0.481. The van der Waals surface area contributed by atoms with E-state index in [2.05, 4.69) is 5.32 Å². The van der Waals surface area contributed by atoms with Crippen molar-refractivity contribution < 1.29 is 13.9 Å². The molecule has 1 heterocycles. The van der Waals surface area contributed by atoms with Gasteiger partial charge in [-0.15, -0.1) is 0 Å². The summed E-state index contributed by atoms with van der Waals surface area (Å²) < 4.78 is 18.5. The van der Waals surface area contributed by atoms with Crippen LogP contribution in [0.1, 0.15) is 33.6 Å². The molecule has 0 aromatic rings. The van der Waals surface area contributed by atoms with Crippen molar-refractivity contribution >= 4 is 5.97 Å². The molecule has 1 rings (SSSR count). The molecule has 15 heavy (non-hydrogen) atoms. The Bertz CT molecular complexity index is 225. The summed E-state index contributed by atoms with van der Waals surface area (Å²) in [7, 11) is 0. The van der Waals surface area contributed by atoms with Crippen molar-refractivity contribution in [1.82, 2.24) is 5.32 Å². The van der Waals surface area contributed by atoms with E-state index in [9.17, 15) is 9.18 Å². The first-order valence-electron chi connectivity index (χ1n) is 5.45. The van der Waals surface area contributed by atoms with Crippen LogP contribution in [0.15, 0.2) is 0 Å². The molecule has 4 heteroatoms. The van der Waals surface area contributed by atoms with Crippen molar-refractivity contribution in [3.05, 3.63) is 0 Å². The molecule has 2 atom stereocenters. The zero-order valence-electron chi connectivity index (χ0n) is 9.68. The molecule has 1 aliphatic rings. The Balaban J connectivity index is 2.36. The summed E-state index contributed by atoms with van der Waals surface area (Å²) >= 11 is 0. The molecule has 1 fully saturated rings. The molecule has 0 amide bonds. The van der Waals surface area contributed by atoms with E-state index in [0.717, 1.165) is 0 Å². The number of ether oxygens (including phenoxy) is 1. The minimum absolute atomic E-state index is 0.172. The summed E-state index contributed by atoms with van der Waals surface area (Å²) in [6.07, 6.45) is -0.211. The Labute approximate surface area is 90.4 Å². The van der Waals surface area contributed by atoms with Crippen molar-refractivity contribution in [2.75, 3.05) is 13.1 Å². The van der Waals surface area contributed by atoms with Crippen molar-refractivity contribution in [2.45, 2.75) is 45.4 Å². The van der Waals surface area contributed by atoms with Gasteiger partial charge in [-0.2, -0.15) is 0 Å². The number of hydrogen-bond donors (Lipinski definition) is 1. The van der Waals surface area contributed by atoms with Gasteiger partial charge in [0.2, 0.25) is 0 Å². The number of carbonyl (C=O) groups is 1. The van der Waals surface area contributed by atoms with Gasteiger partial charge in [0, 0.05) is 12.5 Å². The highest BCUT2D eigenvalue weighted by molar-refractivity contribution is 5.70. The van der Waals surface area contributed by atoms with Crippen molar-refractivity contribution in [3.8, 4) is 0 Å². The lowest BCUT2D eigenvalue weighted by Crippen LogP contribution is -2.39. The van der Waals surface area contributed by atoms with Crippen LogP contribution >= 0.6 is 0 Å².